The van der Waals surface area contributed by atoms with Crippen LogP contribution >= 0.6 is 0 Å². The van der Waals surface area contributed by atoms with Crippen LogP contribution in [0.25, 0.3) is 11.0 Å². The van der Waals surface area contributed by atoms with Crippen molar-refractivity contribution in [3.05, 3.63) is 59.9 Å². The number of rotatable bonds is 4. The van der Waals surface area contributed by atoms with Gasteiger partial charge in [0.25, 0.3) is 0 Å². The van der Waals surface area contributed by atoms with Crippen LogP contribution in [-0.4, -0.2) is 9.55 Å². The summed E-state index contributed by atoms with van der Waals surface area (Å²) in [6, 6.07) is 17.0. The fourth-order valence-corrected chi connectivity index (χ4v) is 3.01. The van der Waals surface area contributed by atoms with Crippen LogP contribution in [0, 0.1) is 0 Å². The number of benzene rings is 2. The Morgan fingerprint density at radius 1 is 1.10 bits per heavy atom. The number of nitrogens with two attached hydrogens (primary N) is 1. The van der Waals surface area contributed by atoms with Gasteiger partial charge in [0, 0.05) is 12.1 Å². The number of hydrogen-bond donors (Lipinski definition) is 1. The number of fused-ring (bicyclic) bond motifs is 1. The Labute approximate surface area is 125 Å². The molecule has 108 valence electrons. The maximum Gasteiger partial charge on any atom is 0.110 e. The monoisotopic (exact) mass is 279 g/mol. The lowest BCUT2D eigenvalue weighted by molar-refractivity contribution is 0.558. The highest BCUT2D eigenvalue weighted by molar-refractivity contribution is 5.80. The van der Waals surface area contributed by atoms with E-state index in [1.165, 1.54) is 5.56 Å². The van der Waals surface area contributed by atoms with E-state index in [4.69, 9.17) is 10.7 Å². The molecular weight excluding hydrogens is 258 g/mol. The van der Waals surface area contributed by atoms with Gasteiger partial charge in [-0.05, 0) is 30.2 Å². The molecule has 0 aliphatic rings. The molecule has 1 unspecified atom stereocenters. The first-order valence-corrected chi connectivity index (χ1v) is 7.55. The van der Waals surface area contributed by atoms with Gasteiger partial charge < -0.3 is 10.3 Å². The van der Waals surface area contributed by atoms with Gasteiger partial charge in [-0.25, -0.2) is 4.98 Å². The summed E-state index contributed by atoms with van der Waals surface area (Å²) < 4.78 is 2.37. The van der Waals surface area contributed by atoms with Crippen LogP contribution in [0.2, 0.25) is 0 Å². The Balaban J connectivity index is 2.22. The Kier molecular flexibility index (Phi) is 3.65. The smallest absolute Gasteiger partial charge is 0.110 e. The molecule has 0 amide bonds. The fourth-order valence-electron chi connectivity index (χ4n) is 3.01. The molecule has 1 aromatic heterocycles. The third-order valence-electron chi connectivity index (χ3n) is 3.99. The standard InChI is InChI=1S/C18H21N3/c1-3-16(13-8-6-5-7-9-13)21-17-11-10-14(19)12-15(17)20-18(21)4-2/h5-12,16H,3-4,19H2,1-2H3. The molecule has 0 fully saturated rings. The average Bonchev–Trinajstić information content (AvgIpc) is 2.87. The number of nitrogens with zero attached hydrogens (tertiary/aromatic N) is 2. The quantitative estimate of drug-likeness (QED) is 0.728. The van der Waals surface area contributed by atoms with E-state index in [9.17, 15) is 0 Å². The molecule has 0 bridgehead atoms. The molecule has 3 nitrogen and oxygen atoms in total. The lowest BCUT2D eigenvalue weighted by Gasteiger charge is -2.20. The molecule has 1 heterocycles. The lowest BCUT2D eigenvalue weighted by Crippen LogP contribution is -2.12. The Morgan fingerprint density at radius 3 is 2.52 bits per heavy atom. The van der Waals surface area contributed by atoms with Gasteiger partial charge in [-0.3, -0.25) is 0 Å². The Hall–Kier alpha value is -2.29. The third kappa shape index (κ3) is 2.40. The SMILES string of the molecule is CCc1nc2cc(N)ccc2n1C(CC)c1ccccc1. The topological polar surface area (TPSA) is 43.8 Å². The minimum atomic E-state index is 0.315. The molecular formula is C18H21N3. The first kappa shape index (κ1) is 13.7. The van der Waals surface area contributed by atoms with Crippen molar-refractivity contribution < 1.29 is 0 Å². The third-order valence-corrected chi connectivity index (χ3v) is 3.99. The average molecular weight is 279 g/mol. The molecule has 0 spiro atoms. The molecule has 0 radical (unpaired) electrons. The summed E-state index contributed by atoms with van der Waals surface area (Å²) in [5, 5.41) is 0. The number of nitrogen functional groups attached to an aromatic ring is 1. The predicted molar refractivity (Wildman–Crippen MR) is 88.4 cm³/mol. The highest BCUT2D eigenvalue weighted by Gasteiger charge is 2.18. The zero-order chi connectivity index (χ0) is 14.8. The van der Waals surface area contributed by atoms with Gasteiger partial charge in [0.1, 0.15) is 5.82 Å². The summed E-state index contributed by atoms with van der Waals surface area (Å²) in [6.07, 6.45) is 1.95. The van der Waals surface area contributed by atoms with Gasteiger partial charge in [0.2, 0.25) is 0 Å². The van der Waals surface area contributed by atoms with Crippen molar-refractivity contribution in [2.24, 2.45) is 0 Å². The van der Waals surface area contributed by atoms with E-state index in [-0.39, 0.29) is 0 Å². The van der Waals surface area contributed by atoms with Crippen LogP contribution in [-0.2, 0) is 6.42 Å². The van der Waals surface area contributed by atoms with Gasteiger partial charge in [-0.1, -0.05) is 44.2 Å². The molecule has 3 heteroatoms. The second-order valence-electron chi connectivity index (χ2n) is 5.33. The lowest BCUT2D eigenvalue weighted by atomic mass is 10.0. The van der Waals surface area contributed by atoms with Crippen LogP contribution in [0.4, 0.5) is 5.69 Å². The van der Waals surface area contributed by atoms with Gasteiger partial charge >= 0.3 is 0 Å². The second-order valence-corrected chi connectivity index (χ2v) is 5.33. The molecule has 0 saturated heterocycles. The van der Waals surface area contributed by atoms with Gasteiger partial charge in [-0.2, -0.15) is 0 Å². The van der Waals surface area contributed by atoms with Crippen molar-refractivity contribution in [2.75, 3.05) is 5.73 Å². The number of imidazole rings is 1. The maximum atomic E-state index is 5.90. The van der Waals surface area contributed by atoms with Crippen molar-refractivity contribution in [2.45, 2.75) is 32.7 Å². The van der Waals surface area contributed by atoms with E-state index in [0.29, 0.717) is 6.04 Å². The van der Waals surface area contributed by atoms with E-state index in [1.54, 1.807) is 0 Å². The van der Waals surface area contributed by atoms with E-state index < -0.39 is 0 Å². The van der Waals surface area contributed by atoms with Crippen LogP contribution in [0.3, 0.4) is 0 Å². The largest absolute Gasteiger partial charge is 0.399 e. The molecule has 0 aliphatic carbocycles. The van der Waals surface area contributed by atoms with Crippen LogP contribution in [0.1, 0.15) is 37.7 Å². The van der Waals surface area contributed by atoms with Crippen molar-refractivity contribution >= 4 is 16.7 Å². The van der Waals surface area contributed by atoms with E-state index in [2.05, 4.69) is 54.8 Å². The summed E-state index contributed by atoms with van der Waals surface area (Å²) in [5.74, 6) is 1.12. The number of hydrogen-bond acceptors (Lipinski definition) is 2. The maximum absolute atomic E-state index is 5.90. The Morgan fingerprint density at radius 2 is 1.86 bits per heavy atom. The number of anilines is 1. The fraction of sp³-hybridized carbons (Fsp3) is 0.278. The summed E-state index contributed by atoms with van der Waals surface area (Å²) in [7, 11) is 0. The zero-order valence-corrected chi connectivity index (χ0v) is 12.6. The van der Waals surface area contributed by atoms with Gasteiger partial charge in [0.05, 0.1) is 17.1 Å². The highest BCUT2D eigenvalue weighted by Crippen LogP contribution is 2.29. The minimum absolute atomic E-state index is 0.315. The molecule has 1 atom stereocenters. The van der Waals surface area contributed by atoms with Crippen LogP contribution in [0.15, 0.2) is 48.5 Å². The van der Waals surface area contributed by atoms with Crippen molar-refractivity contribution in [1.29, 1.82) is 0 Å². The summed E-state index contributed by atoms with van der Waals surface area (Å²) in [4.78, 5) is 4.77. The summed E-state index contributed by atoms with van der Waals surface area (Å²) >= 11 is 0. The first-order chi connectivity index (χ1) is 10.2. The van der Waals surface area contributed by atoms with E-state index >= 15 is 0 Å². The van der Waals surface area contributed by atoms with Crippen molar-refractivity contribution in [3.63, 3.8) is 0 Å². The predicted octanol–water partition coefficient (Wildman–Crippen LogP) is 4.18. The molecule has 2 aromatic carbocycles. The molecule has 3 rings (SSSR count). The van der Waals surface area contributed by atoms with Gasteiger partial charge in [0.15, 0.2) is 0 Å². The summed E-state index contributed by atoms with van der Waals surface area (Å²) in [5.41, 5.74) is 10.1. The minimum Gasteiger partial charge on any atom is -0.399 e. The Bertz CT molecular complexity index is 744. The van der Waals surface area contributed by atoms with E-state index in [0.717, 1.165) is 35.4 Å². The summed E-state index contributed by atoms with van der Waals surface area (Å²) in [6.45, 7) is 4.37. The highest BCUT2D eigenvalue weighted by atomic mass is 15.1. The van der Waals surface area contributed by atoms with Crippen LogP contribution in [0.5, 0.6) is 0 Å². The zero-order valence-electron chi connectivity index (χ0n) is 12.6. The molecule has 3 aromatic rings. The first-order valence-electron chi connectivity index (χ1n) is 7.55. The molecule has 21 heavy (non-hydrogen) atoms. The second kappa shape index (κ2) is 5.60. The number of aryl methyl sites for hydroxylation is 1. The van der Waals surface area contributed by atoms with Gasteiger partial charge in [-0.15, -0.1) is 0 Å². The number of aromatic nitrogens is 2. The van der Waals surface area contributed by atoms with Crippen LogP contribution < -0.4 is 5.73 Å². The van der Waals surface area contributed by atoms with Crippen molar-refractivity contribution in [3.8, 4) is 0 Å². The van der Waals surface area contributed by atoms with E-state index in [1.807, 2.05) is 12.1 Å². The van der Waals surface area contributed by atoms with Crippen molar-refractivity contribution in [1.82, 2.24) is 9.55 Å². The molecule has 0 saturated carbocycles. The normalized spacial score (nSPS) is 12.7. The molecule has 2 N–H and O–H groups in total. The molecule has 0 aliphatic heterocycles.